The lowest BCUT2D eigenvalue weighted by Gasteiger charge is -2.28. The highest BCUT2D eigenvalue weighted by Crippen LogP contribution is 2.61. The number of benzene rings is 2. The lowest BCUT2D eigenvalue weighted by atomic mass is 9.73. The van der Waals surface area contributed by atoms with E-state index in [4.69, 9.17) is 11.6 Å². The highest BCUT2D eigenvalue weighted by Gasteiger charge is 2.63. The van der Waals surface area contributed by atoms with Crippen LogP contribution in [0.4, 0.5) is 5.69 Å². The number of amides is 3. The number of nitrogens with one attached hydrogen (secondary N) is 1. The van der Waals surface area contributed by atoms with Crippen molar-refractivity contribution in [2.75, 3.05) is 11.9 Å². The van der Waals surface area contributed by atoms with Crippen LogP contribution in [0.2, 0.25) is 5.02 Å². The lowest BCUT2D eigenvalue weighted by molar-refractivity contribution is -0.143. The summed E-state index contributed by atoms with van der Waals surface area (Å²) in [5.41, 5.74) is 2.65. The third-order valence-electron chi connectivity index (χ3n) is 7.18. The average molecular weight is 502 g/mol. The van der Waals surface area contributed by atoms with Crippen LogP contribution in [0.3, 0.4) is 0 Å². The number of hydrogen-bond acceptors (Lipinski definition) is 3. The summed E-state index contributed by atoms with van der Waals surface area (Å²) >= 11 is 9.49. The number of hydrogen-bond donors (Lipinski definition) is 1. The molecule has 3 aliphatic rings. The molecule has 0 spiro atoms. The van der Waals surface area contributed by atoms with Crippen LogP contribution in [-0.4, -0.2) is 29.2 Å². The molecule has 0 aromatic heterocycles. The number of carbonyl (C=O) groups excluding carboxylic acids is 3. The summed E-state index contributed by atoms with van der Waals surface area (Å²) in [5.74, 6) is -0.631. The van der Waals surface area contributed by atoms with Gasteiger partial charge in [0.1, 0.15) is 6.54 Å². The Hall–Kier alpha value is -2.18. The van der Waals surface area contributed by atoms with Gasteiger partial charge in [-0.25, -0.2) is 0 Å². The zero-order valence-corrected chi connectivity index (χ0v) is 19.3. The van der Waals surface area contributed by atoms with Gasteiger partial charge in [0.05, 0.1) is 16.9 Å². The van der Waals surface area contributed by atoms with E-state index in [0.29, 0.717) is 16.6 Å². The lowest BCUT2D eigenvalue weighted by Crippen LogP contribution is -2.39. The first kappa shape index (κ1) is 20.7. The van der Waals surface area contributed by atoms with Crippen molar-refractivity contribution in [1.29, 1.82) is 0 Å². The van der Waals surface area contributed by atoms with Crippen LogP contribution >= 0.6 is 27.5 Å². The van der Waals surface area contributed by atoms with E-state index in [2.05, 4.69) is 33.4 Å². The zero-order valence-electron chi connectivity index (χ0n) is 17.0. The smallest absolute Gasteiger partial charge is 0.244 e. The second-order valence-electron chi connectivity index (χ2n) is 8.86. The van der Waals surface area contributed by atoms with Crippen LogP contribution in [0.5, 0.6) is 0 Å². The van der Waals surface area contributed by atoms with Gasteiger partial charge in [0.25, 0.3) is 0 Å². The molecule has 1 heterocycles. The number of anilines is 1. The van der Waals surface area contributed by atoms with Crippen molar-refractivity contribution in [1.82, 2.24) is 4.90 Å². The van der Waals surface area contributed by atoms with Crippen LogP contribution in [0.25, 0.3) is 0 Å². The molecule has 1 aliphatic heterocycles. The summed E-state index contributed by atoms with van der Waals surface area (Å²) in [6.45, 7) is 1.60. The summed E-state index contributed by atoms with van der Waals surface area (Å²) in [6, 6.07) is 13.7. The minimum absolute atomic E-state index is 0.175. The van der Waals surface area contributed by atoms with Crippen LogP contribution in [0, 0.1) is 30.6 Å². The Bertz CT molecular complexity index is 1090. The molecule has 1 N–H and O–H groups in total. The van der Waals surface area contributed by atoms with Crippen molar-refractivity contribution in [2.24, 2.45) is 23.7 Å². The van der Waals surface area contributed by atoms with E-state index < -0.39 is 5.91 Å². The van der Waals surface area contributed by atoms with Crippen LogP contribution in [0.1, 0.15) is 29.9 Å². The van der Waals surface area contributed by atoms with Gasteiger partial charge in [-0.3, -0.25) is 19.3 Å². The second kappa shape index (κ2) is 7.75. The molecule has 2 bridgehead atoms. The fraction of sp³-hybridized carbons (Fsp3) is 0.375. The molecule has 2 aromatic carbocycles. The molecule has 3 fully saturated rings. The Morgan fingerprint density at radius 2 is 1.84 bits per heavy atom. The minimum Gasteiger partial charge on any atom is -0.324 e. The Kier molecular flexibility index (Phi) is 5.18. The largest absolute Gasteiger partial charge is 0.324 e. The molecule has 160 valence electrons. The number of carbonyl (C=O) groups is 3. The van der Waals surface area contributed by atoms with E-state index in [1.54, 1.807) is 6.07 Å². The Labute approximate surface area is 194 Å². The van der Waals surface area contributed by atoms with Gasteiger partial charge in [-0.05, 0) is 76.7 Å². The highest BCUT2D eigenvalue weighted by molar-refractivity contribution is 9.10. The summed E-state index contributed by atoms with van der Waals surface area (Å²) in [5, 5.41) is 3.27. The van der Waals surface area contributed by atoms with E-state index in [1.807, 2.05) is 31.2 Å². The first-order valence-corrected chi connectivity index (χ1v) is 11.7. The molecule has 1 saturated heterocycles. The first-order chi connectivity index (χ1) is 14.8. The molecular weight excluding hydrogens is 480 g/mol. The van der Waals surface area contributed by atoms with Crippen molar-refractivity contribution >= 4 is 50.9 Å². The van der Waals surface area contributed by atoms with Crippen molar-refractivity contribution in [2.45, 2.75) is 25.7 Å². The summed E-state index contributed by atoms with van der Waals surface area (Å²) in [4.78, 5) is 40.2. The van der Waals surface area contributed by atoms with Crippen molar-refractivity contribution in [3.63, 3.8) is 0 Å². The van der Waals surface area contributed by atoms with E-state index >= 15 is 0 Å². The minimum atomic E-state index is -0.393. The number of fused-ring (bicyclic) bond motifs is 5. The van der Waals surface area contributed by atoms with E-state index in [1.165, 1.54) is 10.5 Å². The van der Waals surface area contributed by atoms with Gasteiger partial charge < -0.3 is 5.32 Å². The third kappa shape index (κ3) is 3.40. The van der Waals surface area contributed by atoms with Gasteiger partial charge in [-0.15, -0.1) is 0 Å². The molecule has 2 saturated carbocycles. The van der Waals surface area contributed by atoms with Gasteiger partial charge in [-0.1, -0.05) is 41.9 Å². The van der Waals surface area contributed by atoms with Crippen LogP contribution in [-0.2, 0) is 14.4 Å². The van der Waals surface area contributed by atoms with Gasteiger partial charge in [0.15, 0.2) is 0 Å². The predicted molar refractivity (Wildman–Crippen MR) is 122 cm³/mol. The molecule has 0 radical (unpaired) electrons. The normalized spacial score (nSPS) is 28.9. The van der Waals surface area contributed by atoms with Gasteiger partial charge in [-0.2, -0.15) is 0 Å². The SMILES string of the molecule is Cc1cc(Br)c(Cl)cc1NC(=O)CN1C(=O)[C@@H]2[C@@H]3C[C@@H]([C@H]2C1=O)[C@H](c1ccccc1)C3. The van der Waals surface area contributed by atoms with Crippen molar-refractivity contribution < 1.29 is 14.4 Å². The molecular formula is C24H22BrClN2O3. The van der Waals surface area contributed by atoms with E-state index in [9.17, 15) is 14.4 Å². The predicted octanol–water partition coefficient (Wildman–Crippen LogP) is 4.77. The van der Waals surface area contributed by atoms with Gasteiger partial charge in [0.2, 0.25) is 17.7 Å². The van der Waals surface area contributed by atoms with Crippen LogP contribution < -0.4 is 5.32 Å². The number of imide groups is 1. The molecule has 5 atom stereocenters. The average Bonchev–Trinajstić information content (AvgIpc) is 3.40. The second-order valence-corrected chi connectivity index (χ2v) is 10.1. The van der Waals surface area contributed by atoms with E-state index in [-0.39, 0.29) is 42.0 Å². The van der Waals surface area contributed by atoms with Gasteiger partial charge >= 0.3 is 0 Å². The van der Waals surface area contributed by atoms with Crippen molar-refractivity contribution in [3.8, 4) is 0 Å². The maximum absolute atomic E-state index is 13.2. The zero-order chi connectivity index (χ0) is 21.9. The standard InChI is InChI=1S/C24H22BrClN2O3/c1-12-7-17(25)18(26)10-19(12)27-20(29)11-28-23(30)21-14-8-15(13-5-3-2-4-6-13)16(9-14)22(21)24(28)31/h2-7,10,14-16,21-22H,8-9,11H2,1H3,(H,27,29)/t14-,15-,16+,21+,22+/m0/s1. The summed E-state index contributed by atoms with van der Waals surface area (Å²) < 4.78 is 0.742. The van der Waals surface area contributed by atoms with Gasteiger partial charge in [0, 0.05) is 10.2 Å². The molecule has 0 unspecified atom stereocenters. The first-order valence-electron chi connectivity index (χ1n) is 10.5. The third-order valence-corrected chi connectivity index (χ3v) is 8.37. The molecule has 5 nitrogen and oxygen atoms in total. The fourth-order valence-corrected chi connectivity index (χ4v) is 6.50. The topological polar surface area (TPSA) is 66.5 Å². The Morgan fingerprint density at radius 3 is 2.58 bits per heavy atom. The molecule has 2 aliphatic carbocycles. The Balaban J connectivity index is 1.32. The summed E-state index contributed by atoms with van der Waals surface area (Å²) in [7, 11) is 0. The fourth-order valence-electron chi connectivity index (χ4n) is 5.87. The number of halogens is 2. The molecule has 3 amide bonds. The maximum atomic E-state index is 13.2. The molecule has 7 heteroatoms. The Morgan fingerprint density at radius 1 is 1.13 bits per heavy atom. The number of nitrogens with zero attached hydrogens (tertiary/aromatic N) is 1. The van der Waals surface area contributed by atoms with Crippen LogP contribution in [0.15, 0.2) is 46.9 Å². The quantitative estimate of drug-likeness (QED) is 0.614. The summed E-state index contributed by atoms with van der Waals surface area (Å²) in [6.07, 6.45) is 1.86. The number of rotatable bonds is 4. The maximum Gasteiger partial charge on any atom is 0.244 e. The highest BCUT2D eigenvalue weighted by atomic mass is 79.9. The van der Waals surface area contributed by atoms with E-state index in [0.717, 1.165) is 22.9 Å². The number of likely N-dealkylation sites (tertiary alicyclic amines) is 1. The molecule has 31 heavy (non-hydrogen) atoms. The van der Waals surface area contributed by atoms with Crippen molar-refractivity contribution in [3.05, 3.63) is 63.1 Å². The molecule has 2 aromatic rings. The molecule has 5 rings (SSSR count). The number of aryl methyl sites for hydroxylation is 1. The monoisotopic (exact) mass is 500 g/mol.